The second-order valence-corrected chi connectivity index (χ2v) is 5.07. The second kappa shape index (κ2) is 6.59. The summed E-state index contributed by atoms with van der Waals surface area (Å²) >= 11 is 0. The van der Waals surface area contributed by atoms with Crippen molar-refractivity contribution in [1.82, 2.24) is 10.3 Å². The Morgan fingerprint density at radius 2 is 2.22 bits per heavy atom. The van der Waals surface area contributed by atoms with E-state index in [1.54, 1.807) is 12.3 Å². The maximum atomic E-state index is 12.0. The smallest absolute Gasteiger partial charge is 0.267 e. The molecule has 2 rings (SSSR count). The Bertz CT molecular complexity index is 356. The molecule has 1 aromatic rings. The molecule has 1 amide bonds. The highest BCUT2D eigenvalue weighted by atomic mass is 16.3. The van der Waals surface area contributed by atoms with Crippen molar-refractivity contribution >= 4 is 5.91 Å². The molecular weight excluding hydrogens is 228 g/mol. The van der Waals surface area contributed by atoms with Crippen LogP contribution in [0.3, 0.4) is 0 Å². The van der Waals surface area contributed by atoms with Gasteiger partial charge in [0, 0.05) is 18.8 Å². The van der Waals surface area contributed by atoms with Gasteiger partial charge >= 0.3 is 0 Å². The van der Waals surface area contributed by atoms with Crippen molar-refractivity contribution in [2.45, 2.75) is 44.6 Å². The van der Waals surface area contributed by atoms with Crippen LogP contribution in [-0.4, -0.2) is 28.6 Å². The third-order valence-electron chi connectivity index (χ3n) is 3.82. The predicted molar refractivity (Wildman–Crippen MR) is 70.3 cm³/mol. The third-order valence-corrected chi connectivity index (χ3v) is 3.82. The summed E-state index contributed by atoms with van der Waals surface area (Å²) in [4.78, 5) is 14.9. The first-order valence-electron chi connectivity index (χ1n) is 6.86. The lowest BCUT2D eigenvalue weighted by Gasteiger charge is -2.30. The molecule has 0 aromatic carbocycles. The summed E-state index contributed by atoms with van der Waals surface area (Å²) in [5.74, 6) is 0.453. The molecule has 0 aliphatic heterocycles. The minimum absolute atomic E-state index is 0.0657. The predicted octanol–water partition coefficient (Wildman–Crippen LogP) is 2.08. The number of aromatic amines is 1. The van der Waals surface area contributed by atoms with Crippen LogP contribution in [0.15, 0.2) is 18.3 Å². The van der Waals surface area contributed by atoms with Crippen LogP contribution in [0.4, 0.5) is 0 Å². The van der Waals surface area contributed by atoms with E-state index in [0.717, 1.165) is 12.8 Å². The van der Waals surface area contributed by atoms with Crippen molar-refractivity contribution in [3.63, 3.8) is 0 Å². The van der Waals surface area contributed by atoms with E-state index in [9.17, 15) is 4.79 Å². The molecule has 3 N–H and O–H groups in total. The minimum atomic E-state index is -0.0657. The molecule has 4 nitrogen and oxygen atoms in total. The summed E-state index contributed by atoms with van der Waals surface area (Å²) < 4.78 is 0. The number of aromatic nitrogens is 1. The van der Waals surface area contributed by atoms with Gasteiger partial charge in [0.25, 0.3) is 5.91 Å². The van der Waals surface area contributed by atoms with E-state index in [2.05, 4.69) is 10.3 Å². The fourth-order valence-electron chi connectivity index (χ4n) is 2.82. The summed E-state index contributed by atoms with van der Waals surface area (Å²) in [6, 6.07) is 3.69. The van der Waals surface area contributed by atoms with E-state index in [-0.39, 0.29) is 18.6 Å². The number of hydrogen-bond donors (Lipinski definition) is 3. The van der Waals surface area contributed by atoms with E-state index in [0.29, 0.717) is 18.0 Å². The Hall–Kier alpha value is -1.29. The third kappa shape index (κ3) is 3.35. The lowest BCUT2D eigenvalue weighted by Crippen LogP contribution is -2.41. The number of aliphatic hydroxyl groups is 1. The van der Waals surface area contributed by atoms with Gasteiger partial charge in [-0.25, -0.2) is 0 Å². The number of hydrogen-bond acceptors (Lipinski definition) is 2. The highest BCUT2D eigenvalue weighted by Crippen LogP contribution is 2.27. The van der Waals surface area contributed by atoms with Crippen molar-refractivity contribution in [3.05, 3.63) is 24.0 Å². The van der Waals surface area contributed by atoms with E-state index in [1.165, 1.54) is 19.3 Å². The Balaban J connectivity index is 1.94. The number of H-pyrrole nitrogens is 1. The highest BCUT2D eigenvalue weighted by Gasteiger charge is 2.25. The van der Waals surface area contributed by atoms with Gasteiger partial charge in [-0.3, -0.25) is 4.79 Å². The molecule has 100 valence electrons. The van der Waals surface area contributed by atoms with Crippen LogP contribution in [0.25, 0.3) is 0 Å². The number of aliphatic hydroxyl groups excluding tert-OH is 1. The average Bonchev–Trinajstić information content (AvgIpc) is 2.93. The zero-order valence-electron chi connectivity index (χ0n) is 10.7. The summed E-state index contributed by atoms with van der Waals surface area (Å²) in [7, 11) is 0. The zero-order valence-corrected chi connectivity index (χ0v) is 10.7. The van der Waals surface area contributed by atoms with Gasteiger partial charge in [-0.2, -0.15) is 0 Å². The van der Waals surface area contributed by atoms with Crippen LogP contribution in [0.2, 0.25) is 0 Å². The number of carbonyl (C=O) groups is 1. The van der Waals surface area contributed by atoms with Crippen LogP contribution >= 0.6 is 0 Å². The Morgan fingerprint density at radius 1 is 1.44 bits per heavy atom. The standard InChI is InChI=1S/C14H22N2O2/c17-10-8-12(11-5-2-1-3-6-11)16-14(18)13-7-4-9-15-13/h4,7,9,11-12,15,17H,1-3,5-6,8,10H2,(H,16,18). The molecule has 1 fully saturated rings. The molecule has 0 radical (unpaired) electrons. The molecule has 1 atom stereocenters. The molecule has 18 heavy (non-hydrogen) atoms. The summed E-state index contributed by atoms with van der Waals surface area (Å²) in [6.45, 7) is 0.131. The van der Waals surface area contributed by atoms with Crippen molar-refractivity contribution < 1.29 is 9.90 Å². The van der Waals surface area contributed by atoms with Crippen molar-refractivity contribution in [1.29, 1.82) is 0 Å². The molecule has 0 saturated heterocycles. The lowest BCUT2D eigenvalue weighted by atomic mass is 9.82. The first-order chi connectivity index (χ1) is 8.81. The molecular formula is C14H22N2O2. The van der Waals surface area contributed by atoms with Crippen molar-refractivity contribution in [2.75, 3.05) is 6.61 Å². The van der Waals surface area contributed by atoms with E-state index in [1.807, 2.05) is 6.07 Å². The lowest BCUT2D eigenvalue weighted by molar-refractivity contribution is 0.0895. The van der Waals surface area contributed by atoms with Crippen LogP contribution in [0.1, 0.15) is 49.0 Å². The average molecular weight is 250 g/mol. The fourth-order valence-corrected chi connectivity index (χ4v) is 2.82. The topological polar surface area (TPSA) is 65.1 Å². The Morgan fingerprint density at radius 3 is 2.83 bits per heavy atom. The molecule has 1 saturated carbocycles. The van der Waals surface area contributed by atoms with E-state index >= 15 is 0 Å². The van der Waals surface area contributed by atoms with Gasteiger partial charge in [0.05, 0.1) is 0 Å². The normalized spacial score (nSPS) is 18.5. The van der Waals surface area contributed by atoms with Crippen LogP contribution in [0, 0.1) is 5.92 Å². The molecule has 1 aromatic heterocycles. The maximum Gasteiger partial charge on any atom is 0.267 e. The Labute approximate surface area is 108 Å². The number of nitrogens with one attached hydrogen (secondary N) is 2. The van der Waals surface area contributed by atoms with Crippen molar-refractivity contribution in [2.24, 2.45) is 5.92 Å². The molecule has 1 unspecified atom stereocenters. The van der Waals surface area contributed by atoms with Gasteiger partial charge in [-0.15, -0.1) is 0 Å². The minimum Gasteiger partial charge on any atom is -0.396 e. The van der Waals surface area contributed by atoms with Gasteiger partial charge in [-0.05, 0) is 37.3 Å². The van der Waals surface area contributed by atoms with Gasteiger partial charge in [0.2, 0.25) is 0 Å². The summed E-state index contributed by atoms with van der Waals surface area (Å²) in [5, 5.41) is 12.2. The largest absolute Gasteiger partial charge is 0.396 e. The first kappa shape index (κ1) is 13.1. The quantitative estimate of drug-likeness (QED) is 0.749. The first-order valence-corrected chi connectivity index (χ1v) is 6.86. The van der Waals surface area contributed by atoms with Crippen LogP contribution in [0.5, 0.6) is 0 Å². The molecule has 1 aliphatic rings. The SMILES string of the molecule is O=C(NC(CCO)C1CCCCC1)c1ccc[nH]1. The number of amides is 1. The van der Waals surface area contributed by atoms with Crippen LogP contribution < -0.4 is 5.32 Å². The molecule has 4 heteroatoms. The van der Waals surface area contributed by atoms with E-state index < -0.39 is 0 Å². The second-order valence-electron chi connectivity index (χ2n) is 5.07. The summed E-state index contributed by atoms with van der Waals surface area (Å²) in [5.41, 5.74) is 0.591. The number of carbonyl (C=O) groups excluding carboxylic acids is 1. The fraction of sp³-hybridized carbons (Fsp3) is 0.643. The number of rotatable bonds is 5. The highest BCUT2D eigenvalue weighted by molar-refractivity contribution is 5.92. The zero-order chi connectivity index (χ0) is 12.8. The Kier molecular flexibility index (Phi) is 4.81. The molecule has 1 aliphatic carbocycles. The maximum absolute atomic E-state index is 12.0. The van der Waals surface area contributed by atoms with Gasteiger partial charge < -0.3 is 15.4 Å². The van der Waals surface area contributed by atoms with E-state index in [4.69, 9.17) is 5.11 Å². The molecule has 0 spiro atoms. The van der Waals surface area contributed by atoms with Gasteiger partial charge in [0.1, 0.15) is 5.69 Å². The van der Waals surface area contributed by atoms with Crippen molar-refractivity contribution in [3.8, 4) is 0 Å². The molecule has 0 bridgehead atoms. The van der Waals surface area contributed by atoms with Crippen LogP contribution in [-0.2, 0) is 0 Å². The summed E-state index contributed by atoms with van der Waals surface area (Å²) in [6.07, 6.45) is 8.50. The monoisotopic (exact) mass is 250 g/mol. The van der Waals surface area contributed by atoms with Gasteiger partial charge in [-0.1, -0.05) is 19.3 Å². The molecule has 1 heterocycles. The van der Waals surface area contributed by atoms with Gasteiger partial charge in [0.15, 0.2) is 0 Å².